The molecule has 0 aliphatic carbocycles. The number of nitrogens with zero attached hydrogens (tertiary/aromatic N) is 2. The average molecular weight is 278 g/mol. The van der Waals surface area contributed by atoms with Gasteiger partial charge in [0.2, 0.25) is 0 Å². The standard InChI is InChI=1S/C15H22N2O3/c1-7-9-17-10(3)12(14(18)16(5)6)13(11(17)4)15(19)20-8-2/h7H,1,8-9H2,2-6H3. The highest BCUT2D eigenvalue weighted by Gasteiger charge is 2.28. The average Bonchev–Trinajstić information content (AvgIpc) is 2.62. The molecule has 0 saturated carbocycles. The smallest absolute Gasteiger partial charge is 0.340 e. The Labute approximate surface area is 119 Å². The summed E-state index contributed by atoms with van der Waals surface area (Å²) in [6.45, 7) is 9.92. The van der Waals surface area contributed by atoms with Crippen molar-refractivity contribution in [2.45, 2.75) is 27.3 Å². The van der Waals surface area contributed by atoms with E-state index in [1.54, 1.807) is 27.1 Å². The summed E-state index contributed by atoms with van der Waals surface area (Å²) in [6, 6.07) is 0. The molecule has 0 unspecified atom stereocenters. The first-order valence-corrected chi connectivity index (χ1v) is 6.56. The van der Waals surface area contributed by atoms with E-state index in [1.807, 2.05) is 18.4 Å². The van der Waals surface area contributed by atoms with Crippen LogP contribution in [0.4, 0.5) is 0 Å². The number of allylic oxidation sites excluding steroid dienone is 1. The van der Waals surface area contributed by atoms with Gasteiger partial charge in [-0.1, -0.05) is 6.08 Å². The molecule has 1 aromatic rings. The molecule has 0 spiro atoms. The minimum absolute atomic E-state index is 0.198. The quantitative estimate of drug-likeness (QED) is 0.612. The van der Waals surface area contributed by atoms with Crippen LogP contribution in [0.15, 0.2) is 12.7 Å². The molecular formula is C15H22N2O3. The molecule has 0 N–H and O–H groups in total. The van der Waals surface area contributed by atoms with Crippen molar-refractivity contribution in [2.24, 2.45) is 0 Å². The van der Waals surface area contributed by atoms with Crippen molar-refractivity contribution in [3.63, 3.8) is 0 Å². The summed E-state index contributed by atoms with van der Waals surface area (Å²) in [7, 11) is 3.33. The molecule has 1 heterocycles. The first-order chi connectivity index (χ1) is 9.36. The Balaban J connectivity index is 3.53. The number of hydrogen-bond donors (Lipinski definition) is 0. The summed E-state index contributed by atoms with van der Waals surface area (Å²) >= 11 is 0. The van der Waals surface area contributed by atoms with Crippen LogP contribution in [0.5, 0.6) is 0 Å². The minimum Gasteiger partial charge on any atom is -0.462 e. The van der Waals surface area contributed by atoms with E-state index in [0.717, 1.165) is 11.4 Å². The van der Waals surface area contributed by atoms with Crippen molar-refractivity contribution in [2.75, 3.05) is 20.7 Å². The molecule has 0 fully saturated rings. The largest absolute Gasteiger partial charge is 0.462 e. The van der Waals surface area contributed by atoms with Crippen LogP contribution in [-0.2, 0) is 11.3 Å². The maximum Gasteiger partial charge on any atom is 0.340 e. The van der Waals surface area contributed by atoms with E-state index in [9.17, 15) is 9.59 Å². The topological polar surface area (TPSA) is 51.5 Å². The number of ether oxygens (including phenoxy) is 1. The van der Waals surface area contributed by atoms with E-state index >= 15 is 0 Å². The molecule has 1 aromatic heterocycles. The summed E-state index contributed by atoms with van der Waals surface area (Å²) in [4.78, 5) is 26.0. The summed E-state index contributed by atoms with van der Waals surface area (Å²) in [5.41, 5.74) is 2.24. The zero-order valence-electron chi connectivity index (χ0n) is 12.8. The number of amides is 1. The number of carbonyl (C=O) groups excluding carboxylic acids is 2. The molecule has 110 valence electrons. The lowest BCUT2D eigenvalue weighted by Crippen LogP contribution is -2.24. The predicted molar refractivity (Wildman–Crippen MR) is 78.1 cm³/mol. The molecule has 0 bridgehead atoms. The normalized spacial score (nSPS) is 10.2. The number of hydrogen-bond acceptors (Lipinski definition) is 3. The number of aromatic nitrogens is 1. The summed E-state index contributed by atoms with van der Waals surface area (Å²) < 4.78 is 6.98. The highest BCUT2D eigenvalue weighted by atomic mass is 16.5. The third kappa shape index (κ3) is 2.76. The van der Waals surface area contributed by atoms with Crippen molar-refractivity contribution in [3.05, 3.63) is 35.2 Å². The fourth-order valence-corrected chi connectivity index (χ4v) is 2.22. The molecule has 0 atom stereocenters. The van der Waals surface area contributed by atoms with E-state index in [4.69, 9.17) is 4.74 Å². The Morgan fingerprint density at radius 1 is 1.25 bits per heavy atom. The maximum absolute atomic E-state index is 12.3. The third-order valence-electron chi connectivity index (χ3n) is 3.19. The molecular weight excluding hydrogens is 256 g/mol. The van der Waals surface area contributed by atoms with Crippen LogP contribution in [0.25, 0.3) is 0 Å². The Hall–Kier alpha value is -2.04. The monoisotopic (exact) mass is 278 g/mol. The van der Waals surface area contributed by atoms with Gasteiger partial charge < -0.3 is 14.2 Å². The number of carbonyl (C=O) groups is 2. The lowest BCUT2D eigenvalue weighted by Gasteiger charge is -2.12. The van der Waals surface area contributed by atoms with Crippen LogP contribution >= 0.6 is 0 Å². The fourth-order valence-electron chi connectivity index (χ4n) is 2.22. The van der Waals surface area contributed by atoms with Crippen molar-refractivity contribution in [1.29, 1.82) is 0 Å². The van der Waals surface area contributed by atoms with Gasteiger partial charge in [-0.05, 0) is 20.8 Å². The van der Waals surface area contributed by atoms with E-state index in [-0.39, 0.29) is 12.5 Å². The molecule has 5 nitrogen and oxygen atoms in total. The van der Waals surface area contributed by atoms with E-state index in [2.05, 4.69) is 6.58 Å². The lowest BCUT2D eigenvalue weighted by molar-refractivity contribution is 0.0520. The second kappa shape index (κ2) is 6.41. The van der Waals surface area contributed by atoms with Crippen LogP contribution in [0.3, 0.4) is 0 Å². The zero-order valence-corrected chi connectivity index (χ0v) is 12.8. The van der Waals surface area contributed by atoms with Crippen molar-refractivity contribution < 1.29 is 14.3 Å². The van der Waals surface area contributed by atoms with Gasteiger partial charge >= 0.3 is 5.97 Å². The van der Waals surface area contributed by atoms with Gasteiger partial charge in [0.05, 0.1) is 17.7 Å². The molecule has 0 saturated heterocycles. The van der Waals surface area contributed by atoms with Gasteiger partial charge in [0.15, 0.2) is 0 Å². The molecule has 0 aliphatic rings. The van der Waals surface area contributed by atoms with Gasteiger partial charge in [-0.3, -0.25) is 4.79 Å². The highest BCUT2D eigenvalue weighted by molar-refractivity contribution is 6.07. The molecule has 0 aromatic carbocycles. The molecule has 20 heavy (non-hydrogen) atoms. The molecule has 0 radical (unpaired) electrons. The van der Waals surface area contributed by atoms with Gasteiger partial charge in [-0.25, -0.2) is 4.79 Å². The van der Waals surface area contributed by atoms with Crippen LogP contribution in [-0.4, -0.2) is 42.0 Å². The third-order valence-corrected chi connectivity index (χ3v) is 3.19. The summed E-state index contributed by atoms with van der Waals surface area (Å²) in [5, 5.41) is 0. The van der Waals surface area contributed by atoms with Crippen LogP contribution in [0, 0.1) is 13.8 Å². The SMILES string of the molecule is C=CCn1c(C)c(C(=O)OCC)c(C(=O)N(C)C)c1C. The van der Waals surface area contributed by atoms with Gasteiger partial charge in [-0.2, -0.15) is 0 Å². The van der Waals surface area contributed by atoms with Crippen molar-refractivity contribution >= 4 is 11.9 Å². The molecule has 0 aliphatic heterocycles. The zero-order chi connectivity index (χ0) is 15.4. The minimum atomic E-state index is -0.457. The second-order valence-corrected chi connectivity index (χ2v) is 4.74. The Bertz CT molecular complexity index is 542. The van der Waals surface area contributed by atoms with Gasteiger partial charge in [-0.15, -0.1) is 6.58 Å². The van der Waals surface area contributed by atoms with Crippen molar-refractivity contribution in [3.8, 4) is 0 Å². The molecule has 1 amide bonds. The summed E-state index contributed by atoms with van der Waals surface area (Å²) in [6.07, 6.45) is 1.73. The maximum atomic E-state index is 12.3. The van der Waals surface area contributed by atoms with Crippen LogP contribution in [0.2, 0.25) is 0 Å². The molecule has 5 heteroatoms. The van der Waals surface area contributed by atoms with Crippen LogP contribution < -0.4 is 0 Å². The number of esters is 1. The lowest BCUT2D eigenvalue weighted by atomic mass is 10.1. The first kappa shape index (κ1) is 16.0. The molecule has 1 rings (SSSR count). The van der Waals surface area contributed by atoms with Gasteiger partial charge in [0, 0.05) is 32.0 Å². The predicted octanol–water partition coefficient (Wildman–Crippen LogP) is 2.17. The Morgan fingerprint density at radius 3 is 2.25 bits per heavy atom. The number of rotatable bonds is 5. The Morgan fingerprint density at radius 2 is 1.80 bits per heavy atom. The van der Waals surface area contributed by atoms with Gasteiger partial charge in [0.25, 0.3) is 5.91 Å². The van der Waals surface area contributed by atoms with Gasteiger partial charge in [0.1, 0.15) is 0 Å². The second-order valence-electron chi connectivity index (χ2n) is 4.74. The highest BCUT2D eigenvalue weighted by Crippen LogP contribution is 2.24. The summed E-state index contributed by atoms with van der Waals surface area (Å²) in [5.74, 6) is -0.655. The van der Waals surface area contributed by atoms with E-state index in [1.165, 1.54) is 4.90 Å². The first-order valence-electron chi connectivity index (χ1n) is 6.56. The fraction of sp³-hybridized carbons (Fsp3) is 0.467. The Kier molecular flexibility index (Phi) is 5.13. The van der Waals surface area contributed by atoms with E-state index < -0.39 is 5.97 Å². The van der Waals surface area contributed by atoms with E-state index in [0.29, 0.717) is 17.7 Å². The van der Waals surface area contributed by atoms with Crippen molar-refractivity contribution in [1.82, 2.24) is 9.47 Å². The van der Waals surface area contributed by atoms with Crippen LogP contribution in [0.1, 0.15) is 39.0 Å².